The van der Waals surface area contributed by atoms with Crippen molar-refractivity contribution < 1.29 is 4.74 Å². The van der Waals surface area contributed by atoms with Gasteiger partial charge in [-0.05, 0) is 119 Å². The van der Waals surface area contributed by atoms with Gasteiger partial charge in [-0.15, -0.1) is 0 Å². The SMILES string of the molecule is CC1=CC(=C(C#N)C#N)C=C(/C=C/c2cc3c4c(c2-c2ccc(I)cc2)CCCN4CCC3)O1. The number of nitriles is 2. The molecule has 5 rings (SSSR count). The van der Waals surface area contributed by atoms with Crippen LogP contribution in [0.1, 0.15) is 36.5 Å². The molecule has 0 amide bonds. The van der Waals surface area contributed by atoms with Crippen LogP contribution in [0.3, 0.4) is 0 Å². The molecule has 2 aromatic carbocycles. The molecular weight excluding hydrogens is 533 g/mol. The minimum atomic E-state index is 0.0893. The van der Waals surface area contributed by atoms with Crippen molar-refractivity contribution in [1.82, 2.24) is 0 Å². The highest BCUT2D eigenvalue weighted by molar-refractivity contribution is 14.1. The Morgan fingerprint density at radius 1 is 1.03 bits per heavy atom. The van der Waals surface area contributed by atoms with E-state index >= 15 is 0 Å². The lowest BCUT2D eigenvalue weighted by atomic mass is 9.83. The predicted molar refractivity (Wildman–Crippen MR) is 144 cm³/mol. The summed E-state index contributed by atoms with van der Waals surface area (Å²) in [6.07, 6.45) is 12.1. The van der Waals surface area contributed by atoms with E-state index in [1.807, 2.05) is 25.1 Å². The first-order chi connectivity index (χ1) is 16.6. The van der Waals surface area contributed by atoms with Crippen molar-refractivity contribution in [2.45, 2.75) is 32.6 Å². The zero-order chi connectivity index (χ0) is 23.7. The average molecular weight is 557 g/mol. The Kier molecular flexibility index (Phi) is 6.30. The van der Waals surface area contributed by atoms with Gasteiger partial charge < -0.3 is 9.64 Å². The Balaban J connectivity index is 1.64. The smallest absolute Gasteiger partial charge is 0.137 e. The monoisotopic (exact) mass is 557 g/mol. The second kappa shape index (κ2) is 9.52. The van der Waals surface area contributed by atoms with Gasteiger partial charge in [0.25, 0.3) is 0 Å². The third kappa shape index (κ3) is 4.29. The molecule has 0 radical (unpaired) electrons. The van der Waals surface area contributed by atoms with Gasteiger partial charge in [-0.25, -0.2) is 0 Å². The third-order valence-electron chi connectivity index (χ3n) is 6.56. The van der Waals surface area contributed by atoms with Crippen LogP contribution >= 0.6 is 22.6 Å². The molecule has 2 aromatic rings. The Morgan fingerprint density at radius 3 is 2.50 bits per heavy atom. The van der Waals surface area contributed by atoms with Crippen molar-refractivity contribution in [1.29, 1.82) is 10.5 Å². The molecule has 0 N–H and O–H groups in total. The van der Waals surface area contributed by atoms with Crippen LogP contribution in [0, 0.1) is 26.2 Å². The van der Waals surface area contributed by atoms with Gasteiger partial charge in [-0.2, -0.15) is 10.5 Å². The van der Waals surface area contributed by atoms with Gasteiger partial charge in [0.1, 0.15) is 29.2 Å². The molecule has 0 spiro atoms. The summed E-state index contributed by atoms with van der Waals surface area (Å²) in [5, 5.41) is 18.6. The largest absolute Gasteiger partial charge is 0.462 e. The van der Waals surface area contributed by atoms with E-state index in [1.165, 1.54) is 49.9 Å². The Bertz CT molecular complexity index is 1350. The van der Waals surface area contributed by atoms with Crippen LogP contribution in [0.2, 0.25) is 0 Å². The van der Waals surface area contributed by atoms with Gasteiger partial charge in [0.15, 0.2) is 0 Å². The number of allylic oxidation sites excluding steroid dienone is 6. The lowest BCUT2D eigenvalue weighted by molar-refractivity contribution is 0.318. The van der Waals surface area contributed by atoms with Crippen LogP contribution < -0.4 is 4.90 Å². The summed E-state index contributed by atoms with van der Waals surface area (Å²) in [4.78, 5) is 2.57. The molecule has 0 aliphatic carbocycles. The van der Waals surface area contributed by atoms with Gasteiger partial charge in [-0.3, -0.25) is 0 Å². The molecule has 0 bridgehead atoms. The molecule has 0 atom stereocenters. The maximum Gasteiger partial charge on any atom is 0.137 e. The molecule has 34 heavy (non-hydrogen) atoms. The van der Waals surface area contributed by atoms with Gasteiger partial charge in [-0.1, -0.05) is 18.2 Å². The van der Waals surface area contributed by atoms with E-state index in [2.05, 4.69) is 63.9 Å². The van der Waals surface area contributed by atoms with Gasteiger partial charge in [0, 0.05) is 27.9 Å². The number of anilines is 1. The number of benzene rings is 2. The quantitative estimate of drug-likeness (QED) is 0.307. The number of ether oxygens (including phenoxy) is 1. The summed E-state index contributed by atoms with van der Waals surface area (Å²) in [7, 11) is 0. The fraction of sp³-hybridized carbons (Fsp3) is 0.241. The van der Waals surface area contributed by atoms with E-state index in [4.69, 9.17) is 4.74 Å². The van der Waals surface area contributed by atoms with Crippen LogP contribution in [0.4, 0.5) is 5.69 Å². The molecular formula is C29H24IN3O. The fourth-order valence-electron chi connectivity index (χ4n) is 5.19. The molecule has 3 aliphatic rings. The molecule has 5 heteroatoms. The van der Waals surface area contributed by atoms with Crippen molar-refractivity contribution in [2.75, 3.05) is 18.0 Å². The summed E-state index contributed by atoms with van der Waals surface area (Å²) < 4.78 is 7.13. The fourth-order valence-corrected chi connectivity index (χ4v) is 5.54. The van der Waals surface area contributed by atoms with E-state index in [0.717, 1.165) is 25.9 Å². The topological polar surface area (TPSA) is 60.0 Å². The number of halogens is 1. The Labute approximate surface area is 214 Å². The van der Waals surface area contributed by atoms with Gasteiger partial charge >= 0.3 is 0 Å². The number of nitrogens with zero attached hydrogens (tertiary/aromatic N) is 3. The number of hydrogen-bond donors (Lipinski definition) is 0. The van der Waals surface area contributed by atoms with Crippen LogP contribution in [0.25, 0.3) is 17.2 Å². The van der Waals surface area contributed by atoms with Crippen molar-refractivity contribution in [3.63, 3.8) is 0 Å². The zero-order valence-corrected chi connectivity index (χ0v) is 21.2. The second-order valence-corrected chi connectivity index (χ2v) is 10.1. The molecule has 0 aromatic heterocycles. The molecule has 0 fully saturated rings. The molecule has 0 saturated carbocycles. The first-order valence-electron chi connectivity index (χ1n) is 11.6. The van der Waals surface area contributed by atoms with Crippen LogP contribution in [-0.2, 0) is 17.6 Å². The average Bonchev–Trinajstić information content (AvgIpc) is 2.84. The molecule has 3 aliphatic heterocycles. The summed E-state index contributed by atoms with van der Waals surface area (Å²) in [5.74, 6) is 1.29. The first kappa shape index (κ1) is 22.5. The number of hydrogen-bond acceptors (Lipinski definition) is 4. The van der Waals surface area contributed by atoms with Gasteiger partial charge in [0.2, 0.25) is 0 Å². The summed E-state index contributed by atoms with van der Waals surface area (Å²) >= 11 is 2.35. The maximum absolute atomic E-state index is 9.29. The molecule has 168 valence electrons. The normalized spacial score (nSPS) is 16.7. The highest BCUT2D eigenvalue weighted by Gasteiger charge is 2.27. The summed E-state index contributed by atoms with van der Waals surface area (Å²) in [5.41, 5.74) is 8.73. The first-order valence-corrected chi connectivity index (χ1v) is 12.7. The minimum absolute atomic E-state index is 0.0893. The molecule has 0 unspecified atom stereocenters. The van der Waals surface area contributed by atoms with Gasteiger partial charge in [0.05, 0.1) is 0 Å². The Hall–Kier alpha value is -3.29. The van der Waals surface area contributed by atoms with E-state index in [1.54, 1.807) is 12.2 Å². The zero-order valence-electron chi connectivity index (χ0n) is 19.1. The highest BCUT2D eigenvalue weighted by atomic mass is 127. The van der Waals surface area contributed by atoms with Crippen LogP contribution in [0.15, 0.2) is 71.2 Å². The standard InChI is InChI=1S/C29H24IN3O/c1-19-14-23(24(17-31)18-32)16-26(34-19)11-8-21-15-22-4-2-12-33-13-3-5-27(29(22)33)28(21)20-6-9-25(30)10-7-20/h6-11,14-16H,2-5,12-13H2,1H3/b11-8+. The third-order valence-corrected chi connectivity index (χ3v) is 7.28. The van der Waals surface area contributed by atoms with Crippen molar-refractivity contribution in [3.8, 4) is 23.3 Å². The van der Waals surface area contributed by atoms with Crippen molar-refractivity contribution in [2.24, 2.45) is 0 Å². The lowest BCUT2D eigenvalue weighted by Crippen LogP contribution is -2.34. The minimum Gasteiger partial charge on any atom is -0.462 e. The van der Waals surface area contributed by atoms with Crippen LogP contribution in [-0.4, -0.2) is 13.1 Å². The van der Waals surface area contributed by atoms with Crippen molar-refractivity contribution in [3.05, 3.63) is 91.5 Å². The second-order valence-electron chi connectivity index (χ2n) is 8.82. The lowest BCUT2D eigenvalue weighted by Gasteiger charge is -2.38. The number of rotatable bonds is 3. The maximum atomic E-state index is 9.29. The summed E-state index contributed by atoms with van der Waals surface area (Å²) in [6.45, 7) is 4.12. The number of aryl methyl sites for hydroxylation is 1. The van der Waals surface area contributed by atoms with Crippen molar-refractivity contribution >= 4 is 34.4 Å². The van der Waals surface area contributed by atoms with E-state index in [0.29, 0.717) is 17.1 Å². The predicted octanol–water partition coefficient (Wildman–Crippen LogP) is 6.83. The van der Waals surface area contributed by atoms with E-state index in [-0.39, 0.29) is 5.57 Å². The molecule has 0 saturated heterocycles. The highest BCUT2D eigenvalue weighted by Crippen LogP contribution is 2.43. The van der Waals surface area contributed by atoms with E-state index < -0.39 is 0 Å². The summed E-state index contributed by atoms with van der Waals surface area (Å²) in [6, 6.07) is 15.1. The molecule has 3 heterocycles. The van der Waals surface area contributed by atoms with E-state index in [9.17, 15) is 10.5 Å². The van der Waals surface area contributed by atoms with Crippen LogP contribution in [0.5, 0.6) is 0 Å². The molecule has 4 nitrogen and oxygen atoms in total. The Morgan fingerprint density at radius 2 is 1.76 bits per heavy atom.